The molecule has 0 aromatic carbocycles. The van der Waals surface area contributed by atoms with E-state index in [0.29, 0.717) is 5.82 Å². The number of hydrogen-bond acceptors (Lipinski definition) is 3. The Balaban J connectivity index is 2.02. The highest BCUT2D eigenvalue weighted by Crippen LogP contribution is 2.18. The van der Waals surface area contributed by atoms with Crippen LogP contribution in [0.15, 0.2) is 16.7 Å². The Morgan fingerprint density at radius 2 is 2.47 bits per heavy atom. The molecule has 5 heteroatoms. The molecule has 1 aliphatic heterocycles. The maximum atomic E-state index is 12.0. The summed E-state index contributed by atoms with van der Waals surface area (Å²) >= 11 is 3.35. The van der Waals surface area contributed by atoms with Crippen molar-refractivity contribution in [2.45, 2.75) is 19.8 Å². The lowest BCUT2D eigenvalue weighted by Crippen LogP contribution is -2.37. The Labute approximate surface area is 109 Å². The topological polar surface area (TPSA) is 54.0 Å². The number of anilines is 1. The van der Waals surface area contributed by atoms with E-state index < -0.39 is 0 Å². The predicted molar refractivity (Wildman–Crippen MR) is 70.9 cm³/mol. The van der Waals surface area contributed by atoms with E-state index in [-0.39, 0.29) is 11.8 Å². The van der Waals surface area contributed by atoms with Crippen molar-refractivity contribution in [1.29, 1.82) is 0 Å². The van der Waals surface area contributed by atoms with Gasteiger partial charge in [-0.15, -0.1) is 0 Å². The largest absolute Gasteiger partial charge is 0.316 e. The van der Waals surface area contributed by atoms with Crippen molar-refractivity contribution in [2.75, 3.05) is 18.4 Å². The molecule has 0 aliphatic carbocycles. The summed E-state index contributed by atoms with van der Waals surface area (Å²) in [5.74, 6) is 0.785. The number of nitrogens with zero attached hydrogens (tertiary/aromatic N) is 1. The molecule has 2 rings (SSSR count). The molecule has 92 valence electrons. The molecular weight excluding hydrogens is 282 g/mol. The van der Waals surface area contributed by atoms with Gasteiger partial charge in [0.15, 0.2) is 0 Å². The number of aryl methyl sites for hydroxylation is 1. The average molecular weight is 298 g/mol. The van der Waals surface area contributed by atoms with Crippen LogP contribution in [0.4, 0.5) is 5.82 Å². The van der Waals surface area contributed by atoms with Crippen LogP contribution < -0.4 is 10.6 Å². The normalized spacial score (nSPS) is 20.0. The average Bonchev–Trinajstić information content (AvgIpc) is 2.34. The third-order valence-corrected chi connectivity index (χ3v) is 3.39. The van der Waals surface area contributed by atoms with Gasteiger partial charge in [0.1, 0.15) is 5.82 Å². The number of hydrogen-bond donors (Lipinski definition) is 2. The smallest absolute Gasteiger partial charge is 0.229 e. The van der Waals surface area contributed by atoms with Crippen LogP contribution >= 0.6 is 15.9 Å². The number of carbonyl (C=O) groups is 1. The molecule has 2 N–H and O–H groups in total. The number of pyridine rings is 1. The maximum Gasteiger partial charge on any atom is 0.229 e. The van der Waals surface area contributed by atoms with Gasteiger partial charge in [0.05, 0.1) is 5.92 Å². The van der Waals surface area contributed by atoms with E-state index in [1.165, 1.54) is 0 Å². The summed E-state index contributed by atoms with van der Waals surface area (Å²) in [5, 5.41) is 6.13. The first-order valence-corrected chi connectivity index (χ1v) is 6.60. The Morgan fingerprint density at radius 3 is 3.12 bits per heavy atom. The van der Waals surface area contributed by atoms with Gasteiger partial charge in [-0.05, 0) is 53.9 Å². The van der Waals surface area contributed by atoms with Crippen molar-refractivity contribution >= 4 is 27.7 Å². The third kappa shape index (κ3) is 3.26. The summed E-state index contributed by atoms with van der Waals surface area (Å²) in [4.78, 5) is 16.2. The highest BCUT2D eigenvalue weighted by atomic mass is 79.9. The standard InChI is InChI=1S/C12H16BrN3O/c1-8-5-10(13)7-15-11(8)16-12(17)9-3-2-4-14-6-9/h5,7,9,14H,2-4,6H2,1H3,(H,15,16,17)/t9-/m0/s1. The van der Waals surface area contributed by atoms with Gasteiger partial charge in [0.2, 0.25) is 5.91 Å². The molecule has 1 saturated heterocycles. The molecule has 1 aliphatic rings. The van der Waals surface area contributed by atoms with Crippen molar-refractivity contribution in [3.63, 3.8) is 0 Å². The first kappa shape index (κ1) is 12.5. The third-order valence-electron chi connectivity index (χ3n) is 2.95. The zero-order valence-electron chi connectivity index (χ0n) is 9.79. The first-order chi connectivity index (χ1) is 8.16. The van der Waals surface area contributed by atoms with Crippen LogP contribution in [0, 0.1) is 12.8 Å². The lowest BCUT2D eigenvalue weighted by molar-refractivity contribution is -0.120. The number of rotatable bonds is 2. The minimum atomic E-state index is 0.0635. The van der Waals surface area contributed by atoms with Gasteiger partial charge in [-0.25, -0.2) is 4.98 Å². The number of aromatic nitrogens is 1. The monoisotopic (exact) mass is 297 g/mol. The van der Waals surface area contributed by atoms with Crippen LogP contribution in [0.1, 0.15) is 18.4 Å². The molecule has 0 spiro atoms. The fourth-order valence-corrected chi connectivity index (χ4v) is 2.41. The second kappa shape index (κ2) is 5.60. The van der Waals surface area contributed by atoms with E-state index in [9.17, 15) is 4.79 Å². The maximum absolute atomic E-state index is 12.0. The van der Waals surface area contributed by atoms with Crippen LogP contribution in [0.3, 0.4) is 0 Å². The Bertz CT molecular complexity index is 416. The zero-order chi connectivity index (χ0) is 12.3. The van der Waals surface area contributed by atoms with Crippen LogP contribution in [0.2, 0.25) is 0 Å². The fraction of sp³-hybridized carbons (Fsp3) is 0.500. The van der Waals surface area contributed by atoms with Crippen molar-refractivity contribution < 1.29 is 4.79 Å². The highest BCUT2D eigenvalue weighted by molar-refractivity contribution is 9.10. The number of carbonyl (C=O) groups excluding carboxylic acids is 1. The predicted octanol–water partition coefficient (Wildman–Crippen LogP) is 2.09. The molecule has 1 fully saturated rings. The molecule has 0 saturated carbocycles. The van der Waals surface area contributed by atoms with Crippen LogP contribution in [0.25, 0.3) is 0 Å². The van der Waals surface area contributed by atoms with E-state index >= 15 is 0 Å². The number of halogens is 1. The summed E-state index contributed by atoms with van der Waals surface area (Å²) in [6.07, 6.45) is 3.71. The minimum absolute atomic E-state index is 0.0635. The molecule has 17 heavy (non-hydrogen) atoms. The van der Waals surface area contributed by atoms with Crippen molar-refractivity contribution in [1.82, 2.24) is 10.3 Å². The molecular formula is C12H16BrN3O. The molecule has 1 amide bonds. The van der Waals surface area contributed by atoms with E-state index in [4.69, 9.17) is 0 Å². The zero-order valence-corrected chi connectivity index (χ0v) is 11.4. The molecule has 1 aromatic heterocycles. The highest BCUT2D eigenvalue weighted by Gasteiger charge is 2.21. The summed E-state index contributed by atoms with van der Waals surface area (Å²) in [6.45, 7) is 3.72. The number of amides is 1. The van der Waals surface area contributed by atoms with Gasteiger partial charge in [0, 0.05) is 17.2 Å². The number of nitrogens with one attached hydrogen (secondary N) is 2. The van der Waals surface area contributed by atoms with Crippen molar-refractivity contribution in [2.24, 2.45) is 5.92 Å². The minimum Gasteiger partial charge on any atom is -0.316 e. The molecule has 1 aromatic rings. The van der Waals surface area contributed by atoms with Crippen molar-refractivity contribution in [3.05, 3.63) is 22.3 Å². The van der Waals surface area contributed by atoms with Gasteiger partial charge in [-0.1, -0.05) is 0 Å². The van der Waals surface area contributed by atoms with Gasteiger partial charge in [-0.2, -0.15) is 0 Å². The van der Waals surface area contributed by atoms with Crippen LogP contribution in [0.5, 0.6) is 0 Å². The number of piperidine rings is 1. The molecule has 1 atom stereocenters. The first-order valence-electron chi connectivity index (χ1n) is 5.80. The van der Waals surface area contributed by atoms with Gasteiger partial charge in [-0.3, -0.25) is 4.79 Å². The molecule has 0 radical (unpaired) electrons. The summed E-state index contributed by atoms with van der Waals surface area (Å²) in [6, 6.07) is 1.95. The lowest BCUT2D eigenvalue weighted by Gasteiger charge is -2.22. The molecule has 0 unspecified atom stereocenters. The SMILES string of the molecule is Cc1cc(Br)cnc1NC(=O)[C@H]1CCCNC1. The van der Waals surface area contributed by atoms with Gasteiger partial charge in [0.25, 0.3) is 0 Å². The second-order valence-corrected chi connectivity index (χ2v) is 5.27. The van der Waals surface area contributed by atoms with E-state index in [1.54, 1.807) is 6.20 Å². The summed E-state index contributed by atoms with van der Waals surface area (Å²) in [7, 11) is 0. The van der Waals surface area contributed by atoms with Crippen molar-refractivity contribution in [3.8, 4) is 0 Å². The van der Waals surface area contributed by atoms with E-state index in [0.717, 1.165) is 36.0 Å². The van der Waals surface area contributed by atoms with Crippen LogP contribution in [-0.4, -0.2) is 24.0 Å². The molecule has 4 nitrogen and oxygen atoms in total. The molecule has 2 heterocycles. The second-order valence-electron chi connectivity index (χ2n) is 4.35. The fourth-order valence-electron chi connectivity index (χ4n) is 1.97. The van der Waals surface area contributed by atoms with E-state index in [2.05, 4.69) is 31.5 Å². The summed E-state index contributed by atoms with van der Waals surface area (Å²) < 4.78 is 0.923. The molecule has 0 bridgehead atoms. The van der Waals surface area contributed by atoms with E-state index in [1.807, 2.05) is 13.0 Å². The van der Waals surface area contributed by atoms with Gasteiger partial charge >= 0.3 is 0 Å². The Morgan fingerprint density at radius 1 is 1.65 bits per heavy atom. The van der Waals surface area contributed by atoms with Gasteiger partial charge < -0.3 is 10.6 Å². The van der Waals surface area contributed by atoms with Crippen LogP contribution in [-0.2, 0) is 4.79 Å². The lowest BCUT2D eigenvalue weighted by atomic mass is 9.99. The quantitative estimate of drug-likeness (QED) is 0.879. The Hall–Kier alpha value is -0.940. The summed E-state index contributed by atoms with van der Waals surface area (Å²) in [5.41, 5.74) is 0.969. The Kier molecular flexibility index (Phi) is 4.12.